The zero-order chi connectivity index (χ0) is 33.4. The topological polar surface area (TPSA) is 114 Å². The van der Waals surface area contributed by atoms with Gasteiger partial charge in [0.15, 0.2) is 0 Å². The highest BCUT2D eigenvalue weighted by Crippen LogP contribution is 2.31. The van der Waals surface area contributed by atoms with E-state index in [0.717, 1.165) is 82.1 Å². The van der Waals surface area contributed by atoms with E-state index in [1.807, 2.05) is 90.8 Å². The molecule has 0 spiro atoms. The number of hydrogen-bond acceptors (Lipinski definition) is 12. The van der Waals surface area contributed by atoms with Crippen LogP contribution in [-0.2, 0) is 0 Å². The molecule has 2 N–H and O–H groups in total. The van der Waals surface area contributed by atoms with Gasteiger partial charge in [0, 0.05) is 117 Å². The summed E-state index contributed by atoms with van der Waals surface area (Å²) in [6.07, 6.45) is 3.67. The van der Waals surface area contributed by atoms with E-state index >= 15 is 0 Å². The van der Waals surface area contributed by atoms with Gasteiger partial charge in [-0.1, -0.05) is 0 Å². The van der Waals surface area contributed by atoms with Gasteiger partial charge in [-0.15, -0.1) is 0 Å². The van der Waals surface area contributed by atoms with E-state index in [4.69, 9.17) is 24.9 Å². The normalized spacial score (nSPS) is 13.2. The maximum atomic E-state index is 4.92. The van der Waals surface area contributed by atoms with Gasteiger partial charge in [-0.2, -0.15) is 15.0 Å². The summed E-state index contributed by atoms with van der Waals surface area (Å²) < 4.78 is 0. The largest absolute Gasteiger partial charge is 0.377 e. The minimum absolute atomic E-state index is 0.456. The van der Waals surface area contributed by atoms with Gasteiger partial charge in [-0.05, 0) is 74.5 Å². The molecule has 12 heteroatoms. The fourth-order valence-electron chi connectivity index (χ4n) is 6.16. The molecular weight excluding hydrogens is 600 g/mol. The van der Waals surface area contributed by atoms with Crippen LogP contribution in [0.25, 0.3) is 21.8 Å². The van der Waals surface area contributed by atoms with Gasteiger partial charge in [-0.3, -0.25) is 15.0 Å². The third kappa shape index (κ3) is 6.41. The third-order valence-corrected chi connectivity index (χ3v) is 8.52. The Morgan fingerprint density at radius 2 is 1.04 bits per heavy atom. The number of piperazine rings is 1. The Morgan fingerprint density at radius 3 is 1.52 bits per heavy atom. The van der Waals surface area contributed by atoms with E-state index in [1.165, 1.54) is 5.69 Å². The molecule has 1 saturated heterocycles. The first-order valence-electron chi connectivity index (χ1n) is 16.1. The molecule has 0 unspecified atom stereocenters. The van der Waals surface area contributed by atoms with Crippen LogP contribution < -0.4 is 30.2 Å². The van der Waals surface area contributed by atoms with Crippen LogP contribution in [0.4, 0.5) is 46.3 Å². The van der Waals surface area contributed by atoms with E-state index in [2.05, 4.69) is 59.5 Å². The Morgan fingerprint density at radius 1 is 0.562 bits per heavy atom. The van der Waals surface area contributed by atoms with Crippen molar-refractivity contribution in [3.63, 3.8) is 0 Å². The molecule has 0 atom stereocenters. The van der Waals surface area contributed by atoms with Crippen molar-refractivity contribution < 1.29 is 0 Å². The predicted molar refractivity (Wildman–Crippen MR) is 197 cm³/mol. The van der Waals surface area contributed by atoms with Crippen LogP contribution >= 0.6 is 0 Å². The molecule has 0 aliphatic carbocycles. The maximum absolute atomic E-state index is 4.92. The Balaban J connectivity index is 1.23. The minimum atomic E-state index is 0.456. The highest BCUT2D eigenvalue weighted by Gasteiger charge is 2.21. The Bertz CT molecular complexity index is 1970. The van der Waals surface area contributed by atoms with E-state index in [0.29, 0.717) is 17.8 Å². The fourth-order valence-corrected chi connectivity index (χ4v) is 6.16. The number of nitrogens with zero attached hydrogens (tertiary/aromatic N) is 10. The average molecular weight is 641 g/mol. The summed E-state index contributed by atoms with van der Waals surface area (Å²) in [5.41, 5.74) is 8.93. The minimum Gasteiger partial charge on any atom is -0.377 e. The van der Waals surface area contributed by atoms with Gasteiger partial charge in [0.25, 0.3) is 0 Å². The number of pyridine rings is 3. The van der Waals surface area contributed by atoms with Crippen LogP contribution in [0.5, 0.6) is 0 Å². The SMILES string of the molecule is Cc1cc(N(C)C)c2cc(Nc3nc(Nc4ccc5nc(C)cc(N(C)C)c5c4)nc(N4CCN(c5ccncc5)CC4)n3)ccc2n1. The van der Waals surface area contributed by atoms with Gasteiger partial charge >= 0.3 is 0 Å². The van der Waals surface area contributed by atoms with Crippen molar-refractivity contribution in [2.75, 3.05) is 84.6 Å². The predicted octanol–water partition coefficient (Wildman–Crippen LogP) is 5.93. The maximum Gasteiger partial charge on any atom is 0.233 e. The van der Waals surface area contributed by atoms with Gasteiger partial charge in [0.1, 0.15) is 0 Å². The summed E-state index contributed by atoms with van der Waals surface area (Å²) >= 11 is 0. The van der Waals surface area contributed by atoms with Crippen LogP contribution in [0, 0.1) is 13.8 Å². The molecule has 6 aromatic rings. The average Bonchev–Trinajstić information content (AvgIpc) is 3.08. The van der Waals surface area contributed by atoms with E-state index in [9.17, 15) is 0 Å². The van der Waals surface area contributed by atoms with Crippen molar-refractivity contribution in [1.29, 1.82) is 0 Å². The van der Waals surface area contributed by atoms with Crippen molar-refractivity contribution >= 4 is 68.1 Å². The Hall–Kier alpha value is -5.78. The smallest absolute Gasteiger partial charge is 0.233 e. The van der Waals surface area contributed by atoms with E-state index in [1.54, 1.807) is 0 Å². The van der Waals surface area contributed by atoms with Crippen LogP contribution in [0.1, 0.15) is 11.4 Å². The van der Waals surface area contributed by atoms with Gasteiger partial charge in [-0.25, -0.2) is 0 Å². The number of fused-ring (bicyclic) bond motifs is 2. The highest BCUT2D eigenvalue weighted by molar-refractivity contribution is 5.95. The van der Waals surface area contributed by atoms with Gasteiger partial charge in [0.05, 0.1) is 11.0 Å². The van der Waals surface area contributed by atoms with Crippen molar-refractivity contribution in [3.8, 4) is 0 Å². The van der Waals surface area contributed by atoms with Crippen LogP contribution in [-0.4, -0.2) is 84.3 Å². The quantitative estimate of drug-likeness (QED) is 0.206. The number of aryl methyl sites for hydroxylation is 2. The van der Waals surface area contributed by atoms with Crippen molar-refractivity contribution in [1.82, 2.24) is 29.9 Å². The summed E-state index contributed by atoms with van der Waals surface area (Å²) in [6.45, 7) is 7.26. The van der Waals surface area contributed by atoms with E-state index in [-0.39, 0.29) is 0 Å². The van der Waals surface area contributed by atoms with Crippen molar-refractivity contribution in [2.45, 2.75) is 13.8 Å². The second-order valence-corrected chi connectivity index (χ2v) is 12.5. The highest BCUT2D eigenvalue weighted by atomic mass is 15.4. The summed E-state index contributed by atoms with van der Waals surface area (Å²) in [6, 6.07) is 20.6. The Kier molecular flexibility index (Phi) is 8.22. The molecule has 0 radical (unpaired) electrons. The standard InChI is InChI=1S/C36H40N12/c1-23-19-32(45(3)4)28-21-25(7-9-30(28)38-23)40-34-42-35(41-26-8-10-31-29(22-26)33(46(5)6)20-24(2)39-31)44-36(43-34)48-17-15-47(16-18-48)27-11-13-37-14-12-27/h7-14,19-22H,15-18H2,1-6H3,(H2,40,41,42,43,44). The van der Waals surface area contributed by atoms with Gasteiger partial charge < -0.3 is 30.2 Å². The molecule has 5 heterocycles. The number of anilines is 8. The van der Waals surface area contributed by atoms with Crippen LogP contribution in [0.15, 0.2) is 73.1 Å². The molecule has 1 aliphatic heterocycles. The molecule has 0 saturated carbocycles. The number of nitrogens with one attached hydrogen (secondary N) is 2. The molecule has 1 fully saturated rings. The van der Waals surface area contributed by atoms with Crippen LogP contribution in [0.2, 0.25) is 0 Å². The summed E-state index contributed by atoms with van der Waals surface area (Å²) in [5, 5.41) is 9.03. The fraction of sp³-hybridized carbons (Fsp3) is 0.278. The lowest BCUT2D eigenvalue weighted by atomic mass is 10.1. The lowest BCUT2D eigenvalue weighted by Gasteiger charge is -2.36. The molecule has 0 bridgehead atoms. The summed E-state index contributed by atoms with van der Waals surface area (Å²) in [4.78, 5) is 37.1. The summed E-state index contributed by atoms with van der Waals surface area (Å²) in [5.74, 6) is 1.53. The Labute approximate surface area is 280 Å². The zero-order valence-electron chi connectivity index (χ0n) is 28.2. The second kappa shape index (κ2) is 12.8. The number of benzene rings is 2. The molecule has 4 aromatic heterocycles. The molecule has 2 aromatic carbocycles. The first kappa shape index (κ1) is 30.9. The van der Waals surface area contributed by atoms with Crippen molar-refractivity contribution in [3.05, 3.63) is 84.4 Å². The third-order valence-electron chi connectivity index (χ3n) is 8.52. The first-order valence-corrected chi connectivity index (χ1v) is 16.1. The second-order valence-electron chi connectivity index (χ2n) is 12.5. The lowest BCUT2D eigenvalue weighted by molar-refractivity contribution is 0.639. The molecule has 12 nitrogen and oxygen atoms in total. The van der Waals surface area contributed by atoms with Crippen molar-refractivity contribution in [2.24, 2.45) is 0 Å². The molecule has 0 amide bonds. The zero-order valence-corrected chi connectivity index (χ0v) is 28.2. The molecule has 244 valence electrons. The van der Waals surface area contributed by atoms with Crippen LogP contribution in [0.3, 0.4) is 0 Å². The number of rotatable bonds is 8. The number of hydrogen-bond donors (Lipinski definition) is 2. The molecule has 7 rings (SSSR count). The van der Waals surface area contributed by atoms with Gasteiger partial charge in [0.2, 0.25) is 17.8 Å². The molecular formula is C36H40N12. The summed E-state index contributed by atoms with van der Waals surface area (Å²) in [7, 11) is 8.18. The first-order chi connectivity index (χ1) is 23.2. The number of aromatic nitrogens is 6. The van der Waals surface area contributed by atoms with E-state index < -0.39 is 0 Å². The molecule has 48 heavy (non-hydrogen) atoms. The lowest BCUT2D eigenvalue weighted by Crippen LogP contribution is -2.47. The monoisotopic (exact) mass is 640 g/mol. The molecule has 1 aliphatic rings.